The number of ether oxygens (including phenoxy) is 1. The third-order valence-electron chi connectivity index (χ3n) is 3.10. The van der Waals surface area contributed by atoms with Gasteiger partial charge in [0.2, 0.25) is 0 Å². The molecule has 0 radical (unpaired) electrons. The maximum Gasteiger partial charge on any atom is 0.185 e. The van der Waals surface area contributed by atoms with Gasteiger partial charge >= 0.3 is 0 Å². The zero-order chi connectivity index (χ0) is 12.8. The molecule has 2 heterocycles. The average Bonchev–Trinajstić information content (AvgIpc) is 2.86. The molecule has 102 valence electrons. The van der Waals surface area contributed by atoms with Crippen molar-refractivity contribution >= 4 is 16.5 Å². The van der Waals surface area contributed by atoms with E-state index in [1.807, 2.05) is 7.05 Å². The van der Waals surface area contributed by atoms with Crippen molar-refractivity contribution in [1.82, 2.24) is 10.3 Å². The number of anilines is 1. The SMILES string of the molecule is CCCOC1CCCN(c2nc(CNC)cs2)C1. The Morgan fingerprint density at radius 2 is 2.50 bits per heavy atom. The molecule has 1 saturated heterocycles. The van der Waals surface area contributed by atoms with Crippen LogP contribution in [-0.4, -0.2) is 37.8 Å². The molecule has 0 bridgehead atoms. The van der Waals surface area contributed by atoms with Gasteiger partial charge in [0.05, 0.1) is 11.8 Å². The zero-order valence-corrected chi connectivity index (χ0v) is 12.1. The molecule has 1 aliphatic rings. The van der Waals surface area contributed by atoms with Crippen molar-refractivity contribution in [2.45, 2.75) is 38.8 Å². The Kier molecular flexibility index (Phi) is 5.41. The Hall–Kier alpha value is -0.650. The summed E-state index contributed by atoms with van der Waals surface area (Å²) in [6.07, 6.45) is 3.87. The molecule has 4 nitrogen and oxygen atoms in total. The number of hydrogen-bond acceptors (Lipinski definition) is 5. The molecule has 0 amide bonds. The first kappa shape index (κ1) is 13.8. The van der Waals surface area contributed by atoms with E-state index < -0.39 is 0 Å². The van der Waals surface area contributed by atoms with Crippen LogP contribution in [0.4, 0.5) is 5.13 Å². The summed E-state index contributed by atoms with van der Waals surface area (Å²) in [5.41, 5.74) is 1.13. The van der Waals surface area contributed by atoms with Crippen LogP contribution in [-0.2, 0) is 11.3 Å². The fourth-order valence-corrected chi connectivity index (χ4v) is 3.10. The van der Waals surface area contributed by atoms with Crippen LogP contribution in [0.5, 0.6) is 0 Å². The summed E-state index contributed by atoms with van der Waals surface area (Å²) in [6.45, 7) is 5.98. The average molecular weight is 269 g/mol. The molecule has 1 N–H and O–H groups in total. The Labute approximate surface area is 113 Å². The van der Waals surface area contributed by atoms with Crippen molar-refractivity contribution in [3.63, 3.8) is 0 Å². The van der Waals surface area contributed by atoms with E-state index in [0.717, 1.165) is 43.5 Å². The highest BCUT2D eigenvalue weighted by molar-refractivity contribution is 7.13. The number of piperidine rings is 1. The van der Waals surface area contributed by atoms with Crippen molar-refractivity contribution in [1.29, 1.82) is 0 Å². The lowest BCUT2D eigenvalue weighted by Crippen LogP contribution is -2.39. The molecule has 1 fully saturated rings. The van der Waals surface area contributed by atoms with Gasteiger partial charge in [0.1, 0.15) is 0 Å². The molecule has 1 aromatic rings. The van der Waals surface area contributed by atoms with Crippen molar-refractivity contribution < 1.29 is 4.74 Å². The first-order valence-corrected chi connectivity index (χ1v) is 7.67. The number of nitrogens with one attached hydrogen (secondary N) is 1. The lowest BCUT2D eigenvalue weighted by atomic mass is 10.1. The Morgan fingerprint density at radius 1 is 1.61 bits per heavy atom. The molecular weight excluding hydrogens is 246 g/mol. The van der Waals surface area contributed by atoms with Crippen LogP contribution in [0.15, 0.2) is 5.38 Å². The molecule has 1 aromatic heterocycles. The van der Waals surface area contributed by atoms with Crippen LogP contribution in [0.2, 0.25) is 0 Å². The van der Waals surface area contributed by atoms with Crippen molar-refractivity contribution in [2.75, 3.05) is 31.6 Å². The largest absolute Gasteiger partial charge is 0.376 e. The van der Waals surface area contributed by atoms with Crippen molar-refractivity contribution in [2.24, 2.45) is 0 Å². The number of rotatable bonds is 6. The Morgan fingerprint density at radius 3 is 3.28 bits per heavy atom. The predicted octanol–water partition coefficient (Wildman–Crippen LogP) is 2.26. The van der Waals surface area contributed by atoms with Gasteiger partial charge in [0, 0.05) is 31.6 Å². The second-order valence-electron chi connectivity index (χ2n) is 4.73. The highest BCUT2D eigenvalue weighted by Gasteiger charge is 2.22. The predicted molar refractivity (Wildman–Crippen MR) is 76.4 cm³/mol. The van der Waals surface area contributed by atoms with Gasteiger partial charge in [-0.05, 0) is 26.3 Å². The highest BCUT2D eigenvalue weighted by atomic mass is 32.1. The van der Waals surface area contributed by atoms with E-state index in [4.69, 9.17) is 4.74 Å². The summed E-state index contributed by atoms with van der Waals surface area (Å²) in [5.74, 6) is 0. The maximum absolute atomic E-state index is 5.86. The molecule has 1 atom stereocenters. The normalized spacial score (nSPS) is 20.3. The summed E-state index contributed by atoms with van der Waals surface area (Å²) < 4.78 is 5.86. The molecule has 0 spiro atoms. The zero-order valence-electron chi connectivity index (χ0n) is 11.3. The molecule has 1 aliphatic heterocycles. The van der Waals surface area contributed by atoms with Crippen molar-refractivity contribution in [3.05, 3.63) is 11.1 Å². The number of hydrogen-bond donors (Lipinski definition) is 1. The smallest absolute Gasteiger partial charge is 0.185 e. The molecule has 1 unspecified atom stereocenters. The Bertz CT molecular complexity index is 356. The third-order valence-corrected chi connectivity index (χ3v) is 4.05. The molecule has 5 heteroatoms. The van der Waals surface area contributed by atoms with E-state index in [9.17, 15) is 0 Å². The van der Waals surface area contributed by atoms with Gasteiger partial charge in [-0.3, -0.25) is 0 Å². The first-order chi connectivity index (χ1) is 8.83. The second kappa shape index (κ2) is 7.07. The molecule has 2 rings (SSSR count). The number of aromatic nitrogens is 1. The topological polar surface area (TPSA) is 37.4 Å². The molecule has 0 aromatic carbocycles. The number of nitrogens with zero attached hydrogens (tertiary/aromatic N) is 2. The summed E-state index contributed by atoms with van der Waals surface area (Å²) in [5, 5.41) is 6.42. The second-order valence-corrected chi connectivity index (χ2v) is 5.57. The van der Waals surface area contributed by atoms with Gasteiger partial charge in [-0.1, -0.05) is 6.92 Å². The number of thiazole rings is 1. The van der Waals surface area contributed by atoms with Crippen LogP contribution < -0.4 is 10.2 Å². The quantitative estimate of drug-likeness (QED) is 0.859. The summed E-state index contributed by atoms with van der Waals surface area (Å²) in [4.78, 5) is 7.03. The standard InChI is InChI=1S/C13H23N3OS/c1-3-7-17-12-5-4-6-16(9-12)13-15-11(8-14-2)10-18-13/h10,12,14H,3-9H2,1-2H3. The van der Waals surface area contributed by atoms with E-state index in [1.165, 1.54) is 12.8 Å². The van der Waals surface area contributed by atoms with Gasteiger partial charge in [-0.15, -0.1) is 11.3 Å². The van der Waals surface area contributed by atoms with E-state index in [0.29, 0.717) is 6.10 Å². The van der Waals surface area contributed by atoms with E-state index in [-0.39, 0.29) is 0 Å². The van der Waals surface area contributed by atoms with Crippen LogP contribution in [0, 0.1) is 0 Å². The van der Waals surface area contributed by atoms with E-state index >= 15 is 0 Å². The first-order valence-electron chi connectivity index (χ1n) is 6.79. The van der Waals surface area contributed by atoms with E-state index in [1.54, 1.807) is 11.3 Å². The summed E-state index contributed by atoms with van der Waals surface area (Å²) in [6, 6.07) is 0. The molecule has 0 saturated carbocycles. The fraction of sp³-hybridized carbons (Fsp3) is 0.769. The van der Waals surface area contributed by atoms with Crippen LogP contribution in [0.25, 0.3) is 0 Å². The van der Waals surface area contributed by atoms with Crippen LogP contribution in [0.1, 0.15) is 31.9 Å². The minimum absolute atomic E-state index is 0.385. The van der Waals surface area contributed by atoms with Gasteiger partial charge < -0.3 is 15.0 Å². The summed E-state index contributed by atoms with van der Waals surface area (Å²) >= 11 is 1.74. The van der Waals surface area contributed by atoms with Crippen LogP contribution in [0.3, 0.4) is 0 Å². The van der Waals surface area contributed by atoms with Gasteiger partial charge in [0.15, 0.2) is 5.13 Å². The van der Waals surface area contributed by atoms with Gasteiger partial charge in [-0.25, -0.2) is 4.98 Å². The van der Waals surface area contributed by atoms with Gasteiger partial charge in [-0.2, -0.15) is 0 Å². The molecule has 18 heavy (non-hydrogen) atoms. The lowest BCUT2D eigenvalue weighted by molar-refractivity contribution is 0.0440. The highest BCUT2D eigenvalue weighted by Crippen LogP contribution is 2.25. The van der Waals surface area contributed by atoms with Crippen molar-refractivity contribution in [3.8, 4) is 0 Å². The minimum Gasteiger partial charge on any atom is -0.376 e. The molecular formula is C13H23N3OS. The van der Waals surface area contributed by atoms with Gasteiger partial charge in [0.25, 0.3) is 0 Å². The maximum atomic E-state index is 5.86. The van der Waals surface area contributed by atoms with E-state index in [2.05, 4.69) is 27.5 Å². The molecule has 0 aliphatic carbocycles. The monoisotopic (exact) mass is 269 g/mol. The Balaban J connectivity index is 1.90. The summed E-state index contributed by atoms with van der Waals surface area (Å²) in [7, 11) is 1.95. The third kappa shape index (κ3) is 3.67. The fourth-order valence-electron chi connectivity index (χ4n) is 2.24. The van der Waals surface area contributed by atoms with Crippen LogP contribution >= 0.6 is 11.3 Å². The lowest BCUT2D eigenvalue weighted by Gasteiger charge is -2.32. The minimum atomic E-state index is 0.385.